The summed E-state index contributed by atoms with van der Waals surface area (Å²) in [6.07, 6.45) is 4.80. The van der Waals surface area contributed by atoms with E-state index in [9.17, 15) is 4.79 Å². The first-order chi connectivity index (χ1) is 9.29. The van der Waals surface area contributed by atoms with Crippen molar-refractivity contribution in [3.8, 4) is 0 Å². The van der Waals surface area contributed by atoms with E-state index in [0.29, 0.717) is 6.61 Å². The minimum absolute atomic E-state index is 0.0370. The van der Waals surface area contributed by atoms with Crippen LogP contribution < -0.4 is 0 Å². The van der Waals surface area contributed by atoms with Gasteiger partial charge in [-0.2, -0.15) is 0 Å². The first-order valence-corrected chi connectivity index (χ1v) is 7.08. The van der Waals surface area contributed by atoms with E-state index in [1.54, 1.807) is 0 Å². The Balaban J connectivity index is 1.79. The second-order valence-corrected chi connectivity index (χ2v) is 4.96. The fraction of sp³-hybridized carbons (Fsp3) is 0.600. The molecule has 1 aromatic rings. The summed E-state index contributed by atoms with van der Waals surface area (Å²) in [7, 11) is 0. The fourth-order valence-corrected chi connectivity index (χ4v) is 2.53. The summed E-state index contributed by atoms with van der Waals surface area (Å²) in [6, 6.07) is 5.99. The van der Waals surface area contributed by atoms with Crippen LogP contribution in [-0.4, -0.2) is 42.1 Å². The van der Waals surface area contributed by atoms with E-state index >= 15 is 0 Å². The summed E-state index contributed by atoms with van der Waals surface area (Å²) in [5.74, 6) is 0.0162. The molecule has 0 aliphatic carbocycles. The number of aromatic nitrogens is 1. The zero-order valence-corrected chi connectivity index (χ0v) is 11.5. The first-order valence-electron chi connectivity index (χ1n) is 7.08. The highest BCUT2D eigenvalue weighted by molar-refractivity contribution is 5.72. The lowest BCUT2D eigenvalue weighted by Crippen LogP contribution is -2.40. The van der Waals surface area contributed by atoms with Crippen LogP contribution in [0, 0.1) is 5.92 Å². The van der Waals surface area contributed by atoms with Gasteiger partial charge in [-0.05, 0) is 38.4 Å². The lowest BCUT2D eigenvalue weighted by Gasteiger charge is -2.31. The molecule has 2 rings (SSSR count). The number of esters is 1. The van der Waals surface area contributed by atoms with Gasteiger partial charge in [0.1, 0.15) is 0 Å². The molecule has 0 saturated carbocycles. The average molecular weight is 262 g/mol. The van der Waals surface area contributed by atoms with Crippen molar-refractivity contribution < 1.29 is 9.53 Å². The zero-order chi connectivity index (χ0) is 13.5. The first kappa shape index (κ1) is 14.0. The van der Waals surface area contributed by atoms with Gasteiger partial charge in [-0.15, -0.1) is 0 Å². The number of likely N-dealkylation sites (tertiary alicyclic amines) is 1. The maximum absolute atomic E-state index is 11.8. The molecule has 1 atom stereocenters. The standard InChI is InChI=1S/C15H22N2O2/c1-2-19-15(18)13-6-5-10-17(12-13)11-8-14-7-3-4-9-16-14/h3-4,7,9,13H,2,5-6,8,10-12H2,1H3. The van der Waals surface area contributed by atoms with Gasteiger partial charge in [0, 0.05) is 31.4 Å². The molecule has 1 fully saturated rings. The Morgan fingerprint density at radius 3 is 3.16 bits per heavy atom. The highest BCUT2D eigenvalue weighted by Crippen LogP contribution is 2.18. The fourth-order valence-electron chi connectivity index (χ4n) is 2.53. The number of hydrogen-bond acceptors (Lipinski definition) is 4. The Bertz CT molecular complexity index is 394. The summed E-state index contributed by atoms with van der Waals surface area (Å²) in [5, 5.41) is 0. The Labute approximate surface area is 114 Å². The van der Waals surface area contributed by atoms with Crippen LogP contribution >= 0.6 is 0 Å². The predicted octanol–water partition coefficient (Wildman–Crippen LogP) is 1.90. The molecule has 104 valence electrons. The highest BCUT2D eigenvalue weighted by Gasteiger charge is 2.26. The van der Waals surface area contributed by atoms with Gasteiger partial charge >= 0.3 is 5.97 Å². The minimum Gasteiger partial charge on any atom is -0.466 e. The van der Waals surface area contributed by atoms with Gasteiger partial charge in [-0.25, -0.2) is 0 Å². The summed E-state index contributed by atoms with van der Waals surface area (Å²) in [4.78, 5) is 18.4. The molecule has 4 nitrogen and oxygen atoms in total. The number of nitrogens with zero attached hydrogens (tertiary/aromatic N) is 2. The average Bonchev–Trinajstić information content (AvgIpc) is 2.47. The van der Waals surface area contributed by atoms with Crippen molar-refractivity contribution >= 4 is 5.97 Å². The van der Waals surface area contributed by atoms with Gasteiger partial charge in [0.15, 0.2) is 0 Å². The molecular formula is C15H22N2O2. The lowest BCUT2D eigenvalue weighted by atomic mass is 9.98. The zero-order valence-electron chi connectivity index (χ0n) is 11.5. The Hall–Kier alpha value is -1.42. The van der Waals surface area contributed by atoms with Crippen LogP contribution in [-0.2, 0) is 16.0 Å². The van der Waals surface area contributed by atoms with Crippen LogP contribution in [0.3, 0.4) is 0 Å². The second kappa shape index (κ2) is 7.24. The van der Waals surface area contributed by atoms with Crippen LogP contribution in [0.25, 0.3) is 0 Å². The molecule has 1 saturated heterocycles. The van der Waals surface area contributed by atoms with Crippen molar-refractivity contribution in [1.82, 2.24) is 9.88 Å². The number of carbonyl (C=O) groups excluding carboxylic acids is 1. The van der Waals surface area contributed by atoms with Crippen LogP contribution in [0.2, 0.25) is 0 Å². The predicted molar refractivity (Wildman–Crippen MR) is 73.7 cm³/mol. The van der Waals surface area contributed by atoms with E-state index in [-0.39, 0.29) is 11.9 Å². The van der Waals surface area contributed by atoms with Crippen molar-refractivity contribution in [1.29, 1.82) is 0 Å². The highest BCUT2D eigenvalue weighted by atomic mass is 16.5. The SMILES string of the molecule is CCOC(=O)C1CCCN(CCc2ccccn2)C1. The molecule has 1 aliphatic heterocycles. The second-order valence-electron chi connectivity index (χ2n) is 4.96. The van der Waals surface area contributed by atoms with E-state index in [2.05, 4.69) is 9.88 Å². The molecule has 1 unspecified atom stereocenters. The smallest absolute Gasteiger partial charge is 0.310 e. The number of hydrogen-bond donors (Lipinski definition) is 0. The third kappa shape index (κ3) is 4.31. The maximum atomic E-state index is 11.8. The summed E-state index contributed by atoms with van der Waals surface area (Å²) in [6.45, 7) is 5.20. The van der Waals surface area contributed by atoms with E-state index in [0.717, 1.165) is 44.6 Å². The largest absolute Gasteiger partial charge is 0.466 e. The summed E-state index contributed by atoms with van der Waals surface area (Å²) < 4.78 is 5.11. The van der Waals surface area contributed by atoms with Gasteiger partial charge in [0.2, 0.25) is 0 Å². The summed E-state index contributed by atoms with van der Waals surface area (Å²) >= 11 is 0. The maximum Gasteiger partial charge on any atom is 0.310 e. The van der Waals surface area contributed by atoms with Crippen LogP contribution in [0.15, 0.2) is 24.4 Å². The topological polar surface area (TPSA) is 42.4 Å². The monoisotopic (exact) mass is 262 g/mol. The van der Waals surface area contributed by atoms with Crippen molar-refractivity contribution in [2.45, 2.75) is 26.2 Å². The molecule has 0 aromatic carbocycles. The number of carbonyl (C=O) groups is 1. The number of pyridine rings is 1. The number of rotatable bonds is 5. The van der Waals surface area contributed by atoms with Crippen molar-refractivity contribution in [2.75, 3.05) is 26.2 Å². The molecule has 2 heterocycles. The molecule has 0 spiro atoms. The Kier molecular flexibility index (Phi) is 5.33. The molecule has 0 bridgehead atoms. The summed E-state index contributed by atoms with van der Waals surface area (Å²) in [5.41, 5.74) is 1.11. The normalized spacial score (nSPS) is 20.2. The Morgan fingerprint density at radius 2 is 2.42 bits per heavy atom. The van der Waals surface area contributed by atoms with E-state index in [1.807, 2.05) is 31.3 Å². The van der Waals surface area contributed by atoms with Crippen molar-refractivity contribution in [2.24, 2.45) is 5.92 Å². The van der Waals surface area contributed by atoms with Gasteiger partial charge in [0.05, 0.1) is 12.5 Å². The third-order valence-electron chi connectivity index (χ3n) is 3.54. The van der Waals surface area contributed by atoms with Crippen LogP contribution in [0.4, 0.5) is 0 Å². The van der Waals surface area contributed by atoms with Crippen LogP contribution in [0.5, 0.6) is 0 Å². The number of piperidine rings is 1. The molecule has 0 radical (unpaired) electrons. The van der Waals surface area contributed by atoms with Gasteiger partial charge in [0.25, 0.3) is 0 Å². The lowest BCUT2D eigenvalue weighted by molar-refractivity contribution is -0.149. The van der Waals surface area contributed by atoms with Gasteiger partial charge in [-0.3, -0.25) is 9.78 Å². The quantitative estimate of drug-likeness (QED) is 0.760. The molecule has 4 heteroatoms. The molecule has 1 aliphatic rings. The van der Waals surface area contributed by atoms with E-state index in [4.69, 9.17) is 4.74 Å². The molecule has 0 amide bonds. The van der Waals surface area contributed by atoms with Crippen molar-refractivity contribution in [3.05, 3.63) is 30.1 Å². The number of ether oxygens (including phenoxy) is 1. The van der Waals surface area contributed by atoms with Crippen molar-refractivity contribution in [3.63, 3.8) is 0 Å². The molecule has 19 heavy (non-hydrogen) atoms. The van der Waals surface area contributed by atoms with Gasteiger partial charge in [-0.1, -0.05) is 6.07 Å². The van der Waals surface area contributed by atoms with Gasteiger partial charge < -0.3 is 9.64 Å². The Morgan fingerprint density at radius 1 is 1.53 bits per heavy atom. The van der Waals surface area contributed by atoms with Crippen LogP contribution in [0.1, 0.15) is 25.5 Å². The third-order valence-corrected chi connectivity index (χ3v) is 3.54. The molecule has 1 aromatic heterocycles. The van der Waals surface area contributed by atoms with E-state index < -0.39 is 0 Å². The minimum atomic E-state index is -0.0370. The van der Waals surface area contributed by atoms with E-state index in [1.165, 1.54) is 0 Å². The molecule has 0 N–H and O–H groups in total. The molecular weight excluding hydrogens is 240 g/mol.